The standard InChI is InChI=1S/C14H24N2O2/c1-13(2,18-3)11-16-12(17)14(10-15)8-6-4-5-7-9-14/h4-9,11H2,1-3H3,(H,16,17). The zero-order valence-electron chi connectivity index (χ0n) is 11.7. The molecule has 0 saturated heterocycles. The average molecular weight is 252 g/mol. The van der Waals surface area contributed by atoms with Crippen LogP contribution in [0.2, 0.25) is 0 Å². The van der Waals surface area contributed by atoms with Crippen LogP contribution in [0.25, 0.3) is 0 Å². The molecule has 0 bridgehead atoms. The van der Waals surface area contributed by atoms with Crippen molar-refractivity contribution in [3.8, 4) is 6.07 Å². The number of carbonyl (C=O) groups excluding carboxylic acids is 1. The summed E-state index contributed by atoms with van der Waals surface area (Å²) in [5.41, 5.74) is -1.21. The van der Waals surface area contributed by atoms with Crippen LogP contribution >= 0.6 is 0 Å². The monoisotopic (exact) mass is 252 g/mol. The summed E-state index contributed by atoms with van der Waals surface area (Å²) in [5, 5.41) is 12.3. The Kier molecular flexibility index (Phi) is 5.15. The minimum Gasteiger partial charge on any atom is -0.377 e. The second-order valence-corrected chi connectivity index (χ2v) is 5.75. The molecule has 4 heteroatoms. The van der Waals surface area contributed by atoms with Crippen molar-refractivity contribution in [3.63, 3.8) is 0 Å². The largest absolute Gasteiger partial charge is 0.377 e. The van der Waals surface area contributed by atoms with Gasteiger partial charge < -0.3 is 10.1 Å². The Bertz CT molecular complexity index is 323. The molecule has 1 N–H and O–H groups in total. The van der Waals surface area contributed by atoms with Gasteiger partial charge in [0.1, 0.15) is 5.41 Å². The van der Waals surface area contributed by atoms with E-state index in [4.69, 9.17) is 4.74 Å². The van der Waals surface area contributed by atoms with Crippen molar-refractivity contribution in [2.24, 2.45) is 5.41 Å². The number of ether oxygens (including phenoxy) is 1. The highest BCUT2D eigenvalue weighted by Crippen LogP contribution is 2.34. The lowest BCUT2D eigenvalue weighted by molar-refractivity contribution is -0.130. The third kappa shape index (κ3) is 3.71. The highest BCUT2D eigenvalue weighted by Gasteiger charge is 2.39. The molecule has 1 aliphatic rings. The summed E-state index contributed by atoms with van der Waals surface area (Å²) in [4.78, 5) is 12.3. The summed E-state index contributed by atoms with van der Waals surface area (Å²) >= 11 is 0. The Morgan fingerprint density at radius 1 is 1.33 bits per heavy atom. The van der Waals surface area contributed by atoms with Gasteiger partial charge in [-0.25, -0.2) is 0 Å². The fourth-order valence-electron chi connectivity index (χ4n) is 2.26. The van der Waals surface area contributed by atoms with Crippen molar-refractivity contribution in [2.75, 3.05) is 13.7 Å². The van der Waals surface area contributed by atoms with Crippen LogP contribution in [0.15, 0.2) is 0 Å². The van der Waals surface area contributed by atoms with Gasteiger partial charge in [-0.2, -0.15) is 5.26 Å². The Balaban J connectivity index is 2.65. The van der Waals surface area contributed by atoms with Crippen LogP contribution in [-0.4, -0.2) is 25.2 Å². The maximum atomic E-state index is 12.3. The minimum atomic E-state index is -0.819. The molecule has 0 aliphatic heterocycles. The molecular formula is C14H24N2O2. The number of rotatable bonds is 4. The highest BCUT2D eigenvalue weighted by atomic mass is 16.5. The van der Waals surface area contributed by atoms with Gasteiger partial charge >= 0.3 is 0 Å². The lowest BCUT2D eigenvalue weighted by Crippen LogP contribution is -2.46. The van der Waals surface area contributed by atoms with E-state index in [9.17, 15) is 10.1 Å². The van der Waals surface area contributed by atoms with Gasteiger partial charge in [-0.05, 0) is 26.7 Å². The summed E-state index contributed by atoms with van der Waals surface area (Å²) in [7, 11) is 1.62. The van der Waals surface area contributed by atoms with E-state index in [1.54, 1.807) is 7.11 Å². The molecule has 4 nitrogen and oxygen atoms in total. The molecule has 0 atom stereocenters. The van der Waals surface area contributed by atoms with Crippen LogP contribution in [0.1, 0.15) is 52.4 Å². The van der Waals surface area contributed by atoms with Crippen molar-refractivity contribution in [1.29, 1.82) is 5.26 Å². The maximum absolute atomic E-state index is 12.3. The third-order valence-electron chi connectivity index (χ3n) is 3.83. The van der Waals surface area contributed by atoms with Gasteiger partial charge in [0.2, 0.25) is 5.91 Å². The van der Waals surface area contributed by atoms with Crippen LogP contribution in [-0.2, 0) is 9.53 Å². The van der Waals surface area contributed by atoms with E-state index in [2.05, 4.69) is 11.4 Å². The van der Waals surface area contributed by atoms with E-state index in [0.717, 1.165) is 25.7 Å². The number of amides is 1. The van der Waals surface area contributed by atoms with Crippen molar-refractivity contribution in [2.45, 2.75) is 58.0 Å². The first-order valence-corrected chi connectivity index (χ1v) is 6.70. The molecule has 1 saturated carbocycles. The van der Waals surface area contributed by atoms with Crippen LogP contribution < -0.4 is 5.32 Å². The van der Waals surface area contributed by atoms with Gasteiger partial charge in [0, 0.05) is 13.7 Å². The smallest absolute Gasteiger partial charge is 0.240 e. The molecule has 0 aromatic carbocycles. The van der Waals surface area contributed by atoms with E-state index < -0.39 is 11.0 Å². The first-order chi connectivity index (χ1) is 8.46. The predicted octanol–water partition coefficient (Wildman–Crippen LogP) is 2.39. The van der Waals surface area contributed by atoms with Gasteiger partial charge in [0.15, 0.2) is 0 Å². The number of nitrogens with one attached hydrogen (secondary N) is 1. The SMILES string of the molecule is COC(C)(C)CNC(=O)C1(C#N)CCCCCC1. The Morgan fingerprint density at radius 3 is 2.33 bits per heavy atom. The Hall–Kier alpha value is -1.08. The minimum absolute atomic E-state index is 0.128. The number of hydrogen-bond acceptors (Lipinski definition) is 3. The van der Waals surface area contributed by atoms with Gasteiger partial charge in [-0.15, -0.1) is 0 Å². The molecular weight excluding hydrogens is 228 g/mol. The number of carbonyl (C=O) groups is 1. The second-order valence-electron chi connectivity index (χ2n) is 5.75. The fraction of sp³-hybridized carbons (Fsp3) is 0.857. The van der Waals surface area contributed by atoms with Crippen LogP contribution in [0.3, 0.4) is 0 Å². The molecule has 0 spiro atoms. The van der Waals surface area contributed by atoms with E-state index in [1.807, 2.05) is 13.8 Å². The summed E-state index contributed by atoms with van der Waals surface area (Å²) in [6, 6.07) is 2.26. The van der Waals surface area contributed by atoms with E-state index >= 15 is 0 Å². The van der Waals surface area contributed by atoms with E-state index in [0.29, 0.717) is 19.4 Å². The maximum Gasteiger partial charge on any atom is 0.240 e. The quantitative estimate of drug-likeness (QED) is 0.781. The molecule has 0 unspecified atom stereocenters. The number of nitriles is 1. The van der Waals surface area contributed by atoms with Crippen LogP contribution in [0.4, 0.5) is 0 Å². The molecule has 102 valence electrons. The third-order valence-corrected chi connectivity index (χ3v) is 3.83. The zero-order valence-corrected chi connectivity index (χ0v) is 11.7. The van der Waals surface area contributed by atoms with Crippen molar-refractivity contribution in [1.82, 2.24) is 5.32 Å². The Labute approximate surface area is 110 Å². The molecule has 1 fully saturated rings. The summed E-state index contributed by atoms with van der Waals surface area (Å²) in [5.74, 6) is -0.128. The molecule has 0 heterocycles. The number of hydrogen-bond donors (Lipinski definition) is 1. The second kappa shape index (κ2) is 6.19. The number of nitrogens with zero attached hydrogens (tertiary/aromatic N) is 1. The average Bonchev–Trinajstić information content (AvgIpc) is 2.62. The van der Waals surface area contributed by atoms with Crippen molar-refractivity contribution >= 4 is 5.91 Å². The predicted molar refractivity (Wildman–Crippen MR) is 69.8 cm³/mol. The Morgan fingerprint density at radius 2 is 1.89 bits per heavy atom. The van der Waals surface area contributed by atoms with E-state index in [-0.39, 0.29) is 5.91 Å². The molecule has 1 aliphatic carbocycles. The molecule has 18 heavy (non-hydrogen) atoms. The van der Waals surface area contributed by atoms with Crippen molar-refractivity contribution in [3.05, 3.63) is 0 Å². The van der Waals surface area contributed by atoms with Gasteiger partial charge in [0.25, 0.3) is 0 Å². The van der Waals surface area contributed by atoms with Crippen LogP contribution in [0, 0.1) is 16.7 Å². The molecule has 0 aromatic rings. The topological polar surface area (TPSA) is 62.1 Å². The van der Waals surface area contributed by atoms with Gasteiger partial charge in [-0.3, -0.25) is 4.79 Å². The molecule has 1 amide bonds. The lowest BCUT2D eigenvalue weighted by atomic mass is 9.81. The normalized spacial score (nSPS) is 19.7. The highest BCUT2D eigenvalue weighted by molar-refractivity contribution is 5.85. The molecule has 1 rings (SSSR count). The molecule has 0 radical (unpaired) electrons. The van der Waals surface area contributed by atoms with Gasteiger partial charge in [-0.1, -0.05) is 25.7 Å². The summed E-state index contributed by atoms with van der Waals surface area (Å²) in [6.45, 7) is 4.27. The number of methoxy groups -OCH3 is 1. The summed E-state index contributed by atoms with van der Waals surface area (Å²) in [6.07, 6.45) is 5.55. The first-order valence-electron chi connectivity index (χ1n) is 6.70. The summed E-state index contributed by atoms with van der Waals surface area (Å²) < 4.78 is 5.27. The lowest BCUT2D eigenvalue weighted by Gasteiger charge is -2.28. The van der Waals surface area contributed by atoms with Crippen molar-refractivity contribution < 1.29 is 9.53 Å². The van der Waals surface area contributed by atoms with E-state index in [1.165, 1.54) is 0 Å². The first kappa shape index (κ1) is 15.0. The van der Waals surface area contributed by atoms with Crippen LogP contribution in [0.5, 0.6) is 0 Å². The molecule has 0 aromatic heterocycles. The van der Waals surface area contributed by atoms with Gasteiger partial charge in [0.05, 0.1) is 11.7 Å². The zero-order chi connectivity index (χ0) is 13.6. The fourth-order valence-corrected chi connectivity index (χ4v) is 2.26.